The van der Waals surface area contributed by atoms with Gasteiger partial charge < -0.3 is 5.32 Å². The Hall–Kier alpha value is -3.25. The van der Waals surface area contributed by atoms with Gasteiger partial charge in [-0.3, -0.25) is 14.2 Å². The number of carbonyl (C=O) groups is 2. The summed E-state index contributed by atoms with van der Waals surface area (Å²) in [5.41, 5.74) is 3.36. The van der Waals surface area contributed by atoms with Gasteiger partial charge in [0.05, 0.1) is 28.7 Å². The summed E-state index contributed by atoms with van der Waals surface area (Å²) in [5, 5.41) is 6.72. The minimum absolute atomic E-state index is 0.154. The van der Waals surface area contributed by atoms with Crippen molar-refractivity contribution in [1.29, 1.82) is 0 Å². The van der Waals surface area contributed by atoms with Crippen molar-refractivity contribution >= 4 is 39.9 Å². The molecule has 2 aromatic carbocycles. The van der Waals surface area contributed by atoms with E-state index in [-0.39, 0.29) is 18.2 Å². The number of benzene rings is 2. The molecule has 0 saturated heterocycles. The molecule has 0 aliphatic heterocycles. The Bertz CT molecular complexity index is 1080. The summed E-state index contributed by atoms with van der Waals surface area (Å²) < 4.78 is 1.50. The van der Waals surface area contributed by atoms with Crippen molar-refractivity contribution in [1.82, 2.24) is 9.55 Å². The van der Waals surface area contributed by atoms with Crippen LogP contribution in [-0.4, -0.2) is 21.4 Å². The molecular weight excluding hydrogens is 346 g/mol. The van der Waals surface area contributed by atoms with Gasteiger partial charge in [-0.05, 0) is 46.7 Å². The third-order valence-electron chi connectivity index (χ3n) is 4.05. The highest BCUT2D eigenvalue weighted by Crippen LogP contribution is 2.20. The fraction of sp³-hybridized carbons (Fsp3) is 0.0500. The third-order valence-corrected chi connectivity index (χ3v) is 4.78. The van der Waals surface area contributed by atoms with Gasteiger partial charge in [-0.1, -0.05) is 24.3 Å². The van der Waals surface area contributed by atoms with Gasteiger partial charge in [0.2, 0.25) is 5.91 Å². The molecule has 4 aromatic rings. The van der Waals surface area contributed by atoms with Crippen LogP contribution < -0.4 is 5.32 Å². The lowest BCUT2D eigenvalue weighted by Gasteiger charge is -2.11. The second-order valence-electron chi connectivity index (χ2n) is 5.81. The number of amides is 1. The monoisotopic (exact) mass is 361 g/mol. The summed E-state index contributed by atoms with van der Waals surface area (Å²) in [6, 6.07) is 16.4. The summed E-state index contributed by atoms with van der Waals surface area (Å²) >= 11 is 1.55. The van der Waals surface area contributed by atoms with E-state index in [1.807, 2.05) is 41.1 Å². The molecule has 2 aromatic heterocycles. The van der Waals surface area contributed by atoms with Crippen molar-refractivity contribution in [3.8, 4) is 0 Å². The van der Waals surface area contributed by atoms with E-state index in [9.17, 15) is 9.59 Å². The van der Waals surface area contributed by atoms with E-state index in [1.165, 1.54) is 10.9 Å². The van der Waals surface area contributed by atoms with E-state index in [4.69, 9.17) is 0 Å². The van der Waals surface area contributed by atoms with Crippen LogP contribution in [0.15, 0.2) is 71.7 Å². The molecule has 5 nitrogen and oxygen atoms in total. The fourth-order valence-electron chi connectivity index (χ4n) is 2.80. The molecule has 1 N–H and O–H groups in total. The van der Waals surface area contributed by atoms with Crippen LogP contribution in [0.1, 0.15) is 15.9 Å². The van der Waals surface area contributed by atoms with Gasteiger partial charge in [-0.15, -0.1) is 0 Å². The van der Waals surface area contributed by atoms with Gasteiger partial charge in [0.25, 0.3) is 5.91 Å². The van der Waals surface area contributed by atoms with Crippen LogP contribution in [-0.2, 0) is 11.2 Å². The Morgan fingerprint density at radius 3 is 2.69 bits per heavy atom. The SMILES string of the molecule is O=C(Cc1ccsc1)Nc1ccccc1C(=O)n1cnc2ccccc21. The number of thiophene rings is 1. The molecule has 0 unspecified atom stereocenters. The Labute approximate surface area is 153 Å². The zero-order valence-corrected chi connectivity index (χ0v) is 14.6. The van der Waals surface area contributed by atoms with Crippen molar-refractivity contribution in [2.45, 2.75) is 6.42 Å². The van der Waals surface area contributed by atoms with Crippen LogP contribution >= 0.6 is 11.3 Å². The summed E-state index contributed by atoms with van der Waals surface area (Å²) in [7, 11) is 0. The maximum atomic E-state index is 13.0. The highest BCUT2D eigenvalue weighted by molar-refractivity contribution is 7.08. The third kappa shape index (κ3) is 3.14. The first kappa shape index (κ1) is 16.2. The number of imidazole rings is 1. The van der Waals surface area contributed by atoms with E-state index in [1.54, 1.807) is 35.6 Å². The molecule has 26 heavy (non-hydrogen) atoms. The standard InChI is InChI=1S/C20H15N3O2S/c24-19(11-14-9-10-26-12-14)22-16-6-2-1-5-15(16)20(25)23-13-21-17-7-3-4-8-18(17)23/h1-10,12-13H,11H2,(H,22,24). The van der Waals surface area contributed by atoms with Gasteiger partial charge in [0.15, 0.2) is 0 Å². The quantitative estimate of drug-likeness (QED) is 0.598. The highest BCUT2D eigenvalue weighted by atomic mass is 32.1. The first-order valence-corrected chi connectivity index (χ1v) is 9.03. The van der Waals surface area contributed by atoms with Crippen LogP contribution in [0.3, 0.4) is 0 Å². The molecule has 0 saturated carbocycles. The molecule has 4 rings (SSSR count). The Kier molecular flexibility index (Phi) is 4.33. The molecule has 0 aliphatic carbocycles. The number of hydrogen-bond acceptors (Lipinski definition) is 4. The van der Waals surface area contributed by atoms with Crippen molar-refractivity contribution in [2.24, 2.45) is 0 Å². The predicted octanol–water partition coefficient (Wildman–Crippen LogP) is 3.97. The molecule has 0 aliphatic rings. The number of hydrogen-bond donors (Lipinski definition) is 1. The average Bonchev–Trinajstić information content (AvgIpc) is 3.31. The second-order valence-corrected chi connectivity index (χ2v) is 6.59. The first-order chi connectivity index (χ1) is 12.7. The van der Waals surface area contributed by atoms with Crippen molar-refractivity contribution in [3.63, 3.8) is 0 Å². The number of fused-ring (bicyclic) bond motifs is 1. The molecule has 0 bridgehead atoms. The number of aromatic nitrogens is 2. The molecule has 128 valence electrons. The minimum atomic E-state index is -0.231. The summed E-state index contributed by atoms with van der Waals surface area (Å²) in [5.74, 6) is -0.385. The zero-order chi connectivity index (χ0) is 17.9. The largest absolute Gasteiger partial charge is 0.325 e. The molecule has 2 heterocycles. The second kappa shape index (κ2) is 6.93. The lowest BCUT2D eigenvalue weighted by atomic mass is 10.1. The van der Waals surface area contributed by atoms with Crippen LogP contribution in [0.4, 0.5) is 5.69 Å². The summed E-state index contributed by atoms with van der Waals surface area (Å²) in [4.78, 5) is 29.6. The van der Waals surface area contributed by atoms with E-state index in [0.717, 1.165) is 16.6 Å². The number of nitrogens with zero attached hydrogens (tertiary/aromatic N) is 2. The van der Waals surface area contributed by atoms with Gasteiger partial charge in [0, 0.05) is 0 Å². The Morgan fingerprint density at radius 2 is 1.85 bits per heavy atom. The van der Waals surface area contributed by atoms with Crippen LogP contribution in [0.2, 0.25) is 0 Å². The van der Waals surface area contributed by atoms with Crippen molar-refractivity contribution < 1.29 is 9.59 Å². The lowest BCUT2D eigenvalue weighted by molar-refractivity contribution is -0.115. The molecule has 6 heteroatoms. The van der Waals surface area contributed by atoms with E-state index >= 15 is 0 Å². The fourth-order valence-corrected chi connectivity index (χ4v) is 3.47. The number of anilines is 1. The van der Waals surface area contributed by atoms with Gasteiger partial charge in [0.1, 0.15) is 6.33 Å². The number of carbonyl (C=O) groups excluding carboxylic acids is 2. The van der Waals surface area contributed by atoms with Crippen molar-refractivity contribution in [3.05, 3.63) is 82.8 Å². The van der Waals surface area contributed by atoms with Crippen LogP contribution in [0, 0.1) is 0 Å². The van der Waals surface area contributed by atoms with Gasteiger partial charge in [-0.2, -0.15) is 11.3 Å². The first-order valence-electron chi connectivity index (χ1n) is 8.09. The van der Waals surface area contributed by atoms with E-state index in [0.29, 0.717) is 11.3 Å². The summed E-state index contributed by atoms with van der Waals surface area (Å²) in [6.07, 6.45) is 1.79. The van der Waals surface area contributed by atoms with Gasteiger partial charge in [-0.25, -0.2) is 4.98 Å². The van der Waals surface area contributed by atoms with Gasteiger partial charge >= 0.3 is 0 Å². The maximum Gasteiger partial charge on any atom is 0.265 e. The Morgan fingerprint density at radius 1 is 1.04 bits per heavy atom. The topological polar surface area (TPSA) is 64.0 Å². The van der Waals surface area contributed by atoms with Crippen LogP contribution in [0.5, 0.6) is 0 Å². The molecular formula is C20H15N3O2S. The van der Waals surface area contributed by atoms with E-state index in [2.05, 4.69) is 10.3 Å². The number of rotatable bonds is 4. The average molecular weight is 361 g/mol. The molecule has 0 radical (unpaired) electrons. The lowest BCUT2D eigenvalue weighted by Crippen LogP contribution is -2.18. The molecule has 1 amide bonds. The highest BCUT2D eigenvalue weighted by Gasteiger charge is 2.17. The smallest absolute Gasteiger partial charge is 0.265 e. The maximum absolute atomic E-state index is 13.0. The zero-order valence-electron chi connectivity index (χ0n) is 13.8. The van der Waals surface area contributed by atoms with Crippen molar-refractivity contribution in [2.75, 3.05) is 5.32 Å². The Balaban J connectivity index is 1.63. The minimum Gasteiger partial charge on any atom is -0.325 e. The molecule has 0 spiro atoms. The summed E-state index contributed by atoms with van der Waals surface area (Å²) in [6.45, 7) is 0. The van der Waals surface area contributed by atoms with Crippen LogP contribution in [0.25, 0.3) is 11.0 Å². The normalized spacial score (nSPS) is 10.8. The number of nitrogens with one attached hydrogen (secondary N) is 1. The number of para-hydroxylation sites is 3. The molecule has 0 fully saturated rings. The van der Waals surface area contributed by atoms with E-state index < -0.39 is 0 Å². The molecule has 0 atom stereocenters. The predicted molar refractivity (Wildman–Crippen MR) is 103 cm³/mol.